The van der Waals surface area contributed by atoms with Gasteiger partial charge in [0, 0.05) is 12.8 Å². The maximum absolute atomic E-state index is 10.9. The Kier molecular flexibility index (Phi) is 3.50. The van der Waals surface area contributed by atoms with Gasteiger partial charge in [0.15, 0.2) is 0 Å². The van der Waals surface area contributed by atoms with Crippen molar-refractivity contribution in [1.29, 1.82) is 0 Å². The Balaban J connectivity index is 2.79. The highest BCUT2D eigenvalue weighted by atomic mass is 16.5. The predicted octanol–water partition coefficient (Wildman–Crippen LogP) is 3.06. The third-order valence-corrected chi connectivity index (χ3v) is 2.43. The van der Waals surface area contributed by atoms with E-state index in [0.717, 1.165) is 12.2 Å². The Bertz CT molecular complexity index is 285. The highest BCUT2D eigenvalue weighted by molar-refractivity contribution is 5.67. The summed E-state index contributed by atoms with van der Waals surface area (Å²) in [6, 6.07) is 0. The number of rotatable bonds is 2. The first-order chi connectivity index (χ1) is 6.50. The normalized spacial score (nSPS) is 21.6. The second-order valence-electron chi connectivity index (χ2n) is 4.14. The number of hydrogen-bond donors (Lipinski definition) is 0. The van der Waals surface area contributed by atoms with Crippen LogP contribution < -0.4 is 0 Å². The molecule has 0 heterocycles. The standard InChI is InChI=1S/C12H18O2/c1-8(2)11-6-5-9(3)12(7-11)14-10(4)13/h6-9H,5H2,1-4H3/t9-/m0/s1. The van der Waals surface area contributed by atoms with E-state index in [1.54, 1.807) is 0 Å². The van der Waals surface area contributed by atoms with Crippen molar-refractivity contribution in [2.75, 3.05) is 0 Å². The molecule has 1 aliphatic rings. The fourth-order valence-corrected chi connectivity index (χ4v) is 1.49. The van der Waals surface area contributed by atoms with Gasteiger partial charge in [0.2, 0.25) is 0 Å². The van der Waals surface area contributed by atoms with Gasteiger partial charge in [-0.25, -0.2) is 0 Å². The minimum absolute atomic E-state index is 0.229. The Hall–Kier alpha value is -1.05. The first kappa shape index (κ1) is 11.0. The smallest absolute Gasteiger partial charge is 0.307 e. The van der Waals surface area contributed by atoms with Crippen molar-refractivity contribution >= 4 is 5.97 Å². The van der Waals surface area contributed by atoms with Crippen LogP contribution >= 0.6 is 0 Å². The van der Waals surface area contributed by atoms with E-state index in [9.17, 15) is 4.79 Å². The van der Waals surface area contributed by atoms with Gasteiger partial charge in [-0.05, 0) is 24.0 Å². The molecule has 0 aromatic carbocycles. The lowest BCUT2D eigenvalue weighted by Crippen LogP contribution is -2.11. The molecule has 14 heavy (non-hydrogen) atoms. The molecule has 0 radical (unpaired) electrons. The zero-order valence-electron chi connectivity index (χ0n) is 9.33. The molecule has 0 saturated heterocycles. The van der Waals surface area contributed by atoms with Crippen molar-refractivity contribution in [2.24, 2.45) is 11.8 Å². The lowest BCUT2D eigenvalue weighted by molar-refractivity contribution is -0.137. The summed E-state index contributed by atoms with van der Waals surface area (Å²) in [5.41, 5.74) is 1.26. The zero-order chi connectivity index (χ0) is 10.7. The molecule has 0 aromatic rings. The van der Waals surface area contributed by atoms with E-state index in [0.29, 0.717) is 11.8 Å². The number of ether oxygens (including phenoxy) is 1. The number of carbonyl (C=O) groups excluding carboxylic acids is 1. The third-order valence-electron chi connectivity index (χ3n) is 2.43. The van der Waals surface area contributed by atoms with Crippen molar-refractivity contribution < 1.29 is 9.53 Å². The van der Waals surface area contributed by atoms with Crippen LogP contribution in [0, 0.1) is 11.8 Å². The topological polar surface area (TPSA) is 26.3 Å². The van der Waals surface area contributed by atoms with Crippen molar-refractivity contribution in [3.05, 3.63) is 23.5 Å². The van der Waals surface area contributed by atoms with Gasteiger partial charge in [0.1, 0.15) is 5.76 Å². The molecule has 0 amide bonds. The van der Waals surface area contributed by atoms with Crippen molar-refractivity contribution in [3.63, 3.8) is 0 Å². The van der Waals surface area contributed by atoms with Gasteiger partial charge in [-0.2, -0.15) is 0 Å². The van der Waals surface area contributed by atoms with Crippen molar-refractivity contribution in [3.8, 4) is 0 Å². The first-order valence-electron chi connectivity index (χ1n) is 5.10. The van der Waals surface area contributed by atoms with Gasteiger partial charge >= 0.3 is 5.97 Å². The molecule has 1 rings (SSSR count). The second kappa shape index (κ2) is 4.45. The average molecular weight is 194 g/mol. The molecule has 0 saturated carbocycles. The van der Waals surface area contributed by atoms with Gasteiger partial charge in [0.25, 0.3) is 0 Å². The van der Waals surface area contributed by atoms with Crippen LogP contribution in [0.4, 0.5) is 0 Å². The van der Waals surface area contributed by atoms with E-state index >= 15 is 0 Å². The van der Waals surface area contributed by atoms with Crippen LogP contribution in [0.15, 0.2) is 23.5 Å². The fraction of sp³-hybridized carbons (Fsp3) is 0.583. The summed E-state index contributed by atoms with van der Waals surface area (Å²) in [7, 11) is 0. The maximum Gasteiger partial charge on any atom is 0.307 e. The van der Waals surface area contributed by atoms with Crippen LogP contribution in [0.1, 0.15) is 34.1 Å². The molecular weight excluding hydrogens is 176 g/mol. The Morgan fingerprint density at radius 3 is 2.71 bits per heavy atom. The second-order valence-corrected chi connectivity index (χ2v) is 4.14. The van der Waals surface area contributed by atoms with E-state index in [1.165, 1.54) is 12.5 Å². The minimum atomic E-state index is -0.229. The van der Waals surface area contributed by atoms with Gasteiger partial charge < -0.3 is 4.74 Å². The first-order valence-corrected chi connectivity index (χ1v) is 5.10. The molecule has 0 spiro atoms. The van der Waals surface area contributed by atoms with Crippen LogP contribution in [-0.2, 0) is 9.53 Å². The molecule has 1 atom stereocenters. The largest absolute Gasteiger partial charge is 0.431 e. The molecule has 0 aliphatic heterocycles. The average Bonchev–Trinajstić information content (AvgIpc) is 2.07. The van der Waals surface area contributed by atoms with E-state index in [1.807, 2.05) is 6.08 Å². The zero-order valence-corrected chi connectivity index (χ0v) is 9.33. The summed E-state index contributed by atoms with van der Waals surface area (Å²) in [4.78, 5) is 10.9. The number of carbonyl (C=O) groups is 1. The molecule has 0 bridgehead atoms. The molecule has 1 aliphatic carbocycles. The van der Waals surface area contributed by atoms with E-state index in [-0.39, 0.29) is 5.97 Å². The SMILES string of the molecule is CC(=O)OC1=CC(C(C)C)=CC[C@@H]1C. The fourth-order valence-electron chi connectivity index (χ4n) is 1.49. The molecule has 0 unspecified atom stereocenters. The van der Waals surface area contributed by atoms with Crippen molar-refractivity contribution in [1.82, 2.24) is 0 Å². The van der Waals surface area contributed by atoms with Crippen LogP contribution in [0.2, 0.25) is 0 Å². The monoisotopic (exact) mass is 194 g/mol. The lowest BCUT2D eigenvalue weighted by Gasteiger charge is -2.20. The summed E-state index contributed by atoms with van der Waals surface area (Å²) in [6.07, 6.45) is 5.19. The lowest BCUT2D eigenvalue weighted by atomic mass is 9.91. The Labute approximate surface area is 85.6 Å². The summed E-state index contributed by atoms with van der Waals surface area (Å²) in [5, 5.41) is 0. The van der Waals surface area contributed by atoms with Gasteiger partial charge in [-0.3, -0.25) is 4.79 Å². The molecule has 0 N–H and O–H groups in total. The van der Waals surface area contributed by atoms with Crippen LogP contribution in [0.25, 0.3) is 0 Å². The highest BCUT2D eigenvalue weighted by Crippen LogP contribution is 2.27. The molecular formula is C12H18O2. The van der Waals surface area contributed by atoms with Crippen molar-refractivity contribution in [2.45, 2.75) is 34.1 Å². The maximum atomic E-state index is 10.9. The van der Waals surface area contributed by atoms with Crippen LogP contribution in [0.5, 0.6) is 0 Å². The molecule has 2 heteroatoms. The minimum Gasteiger partial charge on any atom is -0.431 e. The molecule has 2 nitrogen and oxygen atoms in total. The van der Waals surface area contributed by atoms with Crippen LogP contribution in [0.3, 0.4) is 0 Å². The van der Waals surface area contributed by atoms with Gasteiger partial charge in [-0.1, -0.05) is 26.8 Å². The van der Waals surface area contributed by atoms with E-state index in [4.69, 9.17) is 4.74 Å². The summed E-state index contributed by atoms with van der Waals surface area (Å²) in [6.45, 7) is 7.80. The van der Waals surface area contributed by atoms with E-state index in [2.05, 4.69) is 26.8 Å². The highest BCUT2D eigenvalue weighted by Gasteiger charge is 2.17. The molecule has 78 valence electrons. The number of esters is 1. The number of allylic oxidation sites excluding steroid dienone is 4. The summed E-state index contributed by atoms with van der Waals surface area (Å²) < 4.78 is 5.17. The predicted molar refractivity (Wildman–Crippen MR) is 56.6 cm³/mol. The van der Waals surface area contributed by atoms with Gasteiger partial charge in [-0.15, -0.1) is 0 Å². The quantitative estimate of drug-likeness (QED) is 0.631. The summed E-state index contributed by atoms with van der Waals surface area (Å²) in [5.74, 6) is 1.39. The number of hydrogen-bond acceptors (Lipinski definition) is 2. The Morgan fingerprint density at radius 2 is 2.21 bits per heavy atom. The molecule has 0 fully saturated rings. The van der Waals surface area contributed by atoms with E-state index < -0.39 is 0 Å². The summed E-state index contributed by atoms with van der Waals surface area (Å²) >= 11 is 0. The van der Waals surface area contributed by atoms with Crippen LogP contribution in [-0.4, -0.2) is 5.97 Å². The third kappa shape index (κ3) is 2.72. The Morgan fingerprint density at radius 1 is 1.57 bits per heavy atom. The molecule has 0 aromatic heterocycles. The van der Waals surface area contributed by atoms with Gasteiger partial charge in [0.05, 0.1) is 0 Å².